The lowest BCUT2D eigenvalue weighted by molar-refractivity contribution is -0.127. The molecule has 2 N–H and O–H groups in total. The number of hydrogen-bond donors (Lipinski definition) is 2. The van der Waals surface area contributed by atoms with Crippen LogP contribution in [0.15, 0.2) is 78.9 Å². The van der Waals surface area contributed by atoms with Crippen molar-refractivity contribution >= 4 is 22.7 Å². The largest absolute Gasteiger partial charge is 0.356 e. The van der Waals surface area contributed by atoms with Crippen molar-refractivity contribution in [3.63, 3.8) is 0 Å². The van der Waals surface area contributed by atoms with Crippen LogP contribution < -0.4 is 5.32 Å². The summed E-state index contributed by atoms with van der Waals surface area (Å²) in [5, 5.41) is 4.34. The van der Waals surface area contributed by atoms with Crippen molar-refractivity contribution in [1.29, 1.82) is 0 Å². The summed E-state index contributed by atoms with van der Waals surface area (Å²) in [5.74, 6) is -0.148. The smallest absolute Gasteiger partial charge is 0.255 e. The van der Waals surface area contributed by atoms with Crippen molar-refractivity contribution in [2.75, 3.05) is 0 Å². The highest BCUT2D eigenvalue weighted by atomic mass is 16.2. The number of amides is 2. The first kappa shape index (κ1) is 20.7. The Morgan fingerprint density at radius 2 is 1.76 bits per heavy atom. The maximum Gasteiger partial charge on any atom is 0.255 e. The third-order valence-corrected chi connectivity index (χ3v) is 7.25. The number of aromatic amines is 1. The summed E-state index contributed by atoms with van der Waals surface area (Å²) in [6.07, 6.45) is 2.25. The minimum absolute atomic E-state index is 0.00982. The van der Waals surface area contributed by atoms with Gasteiger partial charge in [-0.05, 0) is 48.6 Å². The van der Waals surface area contributed by atoms with Gasteiger partial charge in [0, 0.05) is 34.6 Å². The van der Waals surface area contributed by atoms with Gasteiger partial charge in [-0.15, -0.1) is 0 Å². The SMILES string of the molecule is CC(CCc1ccccc1)NC(=O)C1Cc2c([nH]c3ccccc23)C2c3ccccc3C(=O)N12. The van der Waals surface area contributed by atoms with E-state index in [0.29, 0.717) is 12.0 Å². The lowest BCUT2D eigenvalue weighted by Crippen LogP contribution is -2.53. The molecule has 0 saturated heterocycles. The Kier molecular flexibility index (Phi) is 4.98. The standard InChI is InChI=1S/C29H27N3O2/c1-18(15-16-19-9-3-2-4-10-19)30-28(33)25-17-23-20-11-7-8-14-24(20)31-26(23)27-21-12-5-6-13-22(21)29(34)32(25)27/h2-14,18,25,27,31H,15-17H2,1H3,(H,30,33). The molecule has 0 aliphatic carbocycles. The topological polar surface area (TPSA) is 65.2 Å². The van der Waals surface area contributed by atoms with Crippen LogP contribution in [0.3, 0.4) is 0 Å². The van der Waals surface area contributed by atoms with E-state index in [4.69, 9.17) is 0 Å². The van der Waals surface area contributed by atoms with Crippen LogP contribution in [-0.4, -0.2) is 33.8 Å². The van der Waals surface area contributed by atoms with Gasteiger partial charge in [-0.25, -0.2) is 0 Å². The molecule has 34 heavy (non-hydrogen) atoms. The molecule has 2 aliphatic rings. The van der Waals surface area contributed by atoms with E-state index in [1.165, 1.54) is 5.56 Å². The number of H-pyrrole nitrogens is 1. The van der Waals surface area contributed by atoms with Crippen LogP contribution in [0, 0.1) is 0 Å². The van der Waals surface area contributed by atoms with Gasteiger partial charge in [0.1, 0.15) is 6.04 Å². The zero-order valence-corrected chi connectivity index (χ0v) is 19.1. The van der Waals surface area contributed by atoms with E-state index in [1.807, 2.05) is 61.5 Å². The van der Waals surface area contributed by atoms with Crippen molar-refractivity contribution in [1.82, 2.24) is 15.2 Å². The number of rotatable bonds is 5. The number of fused-ring (bicyclic) bond motifs is 7. The van der Waals surface area contributed by atoms with Crippen molar-refractivity contribution in [2.24, 2.45) is 0 Å². The molecular formula is C29H27N3O2. The molecule has 0 radical (unpaired) electrons. The van der Waals surface area contributed by atoms with Crippen molar-refractivity contribution < 1.29 is 9.59 Å². The number of benzene rings is 3. The minimum atomic E-state index is -0.546. The Hall–Kier alpha value is -3.86. The Labute approximate surface area is 198 Å². The summed E-state index contributed by atoms with van der Waals surface area (Å²) in [5.41, 5.74) is 6.12. The average molecular weight is 450 g/mol. The maximum atomic E-state index is 13.6. The van der Waals surface area contributed by atoms with Gasteiger partial charge in [0.15, 0.2) is 0 Å². The predicted octanol–water partition coefficient (Wildman–Crippen LogP) is 4.78. The van der Waals surface area contributed by atoms with Crippen LogP contribution in [0.5, 0.6) is 0 Å². The van der Waals surface area contributed by atoms with Crippen LogP contribution in [0.2, 0.25) is 0 Å². The third-order valence-electron chi connectivity index (χ3n) is 7.25. The summed E-state index contributed by atoms with van der Waals surface area (Å²) in [6.45, 7) is 2.04. The first-order chi connectivity index (χ1) is 16.6. The number of hydrogen-bond acceptors (Lipinski definition) is 2. The molecule has 2 aliphatic heterocycles. The van der Waals surface area contributed by atoms with Gasteiger partial charge >= 0.3 is 0 Å². The van der Waals surface area contributed by atoms with Crippen LogP contribution in [-0.2, 0) is 17.6 Å². The van der Waals surface area contributed by atoms with E-state index >= 15 is 0 Å². The van der Waals surface area contributed by atoms with Crippen LogP contribution in [0.4, 0.5) is 0 Å². The Morgan fingerprint density at radius 1 is 1.03 bits per heavy atom. The lowest BCUT2D eigenvalue weighted by atomic mass is 9.89. The van der Waals surface area contributed by atoms with Gasteiger partial charge in [-0.3, -0.25) is 9.59 Å². The molecule has 6 rings (SSSR count). The number of nitrogens with one attached hydrogen (secondary N) is 2. The second-order valence-electron chi connectivity index (χ2n) is 9.42. The molecule has 3 aromatic carbocycles. The second-order valence-corrected chi connectivity index (χ2v) is 9.42. The van der Waals surface area contributed by atoms with Gasteiger partial charge in [-0.1, -0.05) is 66.7 Å². The second kappa shape index (κ2) is 8.17. The Balaban J connectivity index is 1.32. The first-order valence-corrected chi connectivity index (χ1v) is 12.0. The Morgan fingerprint density at radius 3 is 2.62 bits per heavy atom. The molecule has 0 bridgehead atoms. The van der Waals surface area contributed by atoms with Gasteiger partial charge in [0.2, 0.25) is 5.91 Å². The van der Waals surface area contributed by atoms with Gasteiger partial charge in [-0.2, -0.15) is 0 Å². The minimum Gasteiger partial charge on any atom is -0.356 e. The highest BCUT2D eigenvalue weighted by Gasteiger charge is 2.48. The number of carbonyl (C=O) groups excluding carboxylic acids is 2. The highest BCUT2D eigenvalue weighted by molar-refractivity contribution is 6.03. The van der Waals surface area contributed by atoms with Gasteiger partial charge < -0.3 is 15.2 Å². The predicted molar refractivity (Wildman–Crippen MR) is 133 cm³/mol. The van der Waals surface area contributed by atoms with Crippen LogP contribution in [0.1, 0.15) is 52.1 Å². The van der Waals surface area contributed by atoms with E-state index in [-0.39, 0.29) is 23.9 Å². The van der Waals surface area contributed by atoms with E-state index < -0.39 is 6.04 Å². The van der Waals surface area contributed by atoms with Crippen molar-refractivity contribution in [3.05, 3.63) is 107 Å². The van der Waals surface area contributed by atoms with Crippen molar-refractivity contribution in [2.45, 2.75) is 44.3 Å². The molecule has 2 amide bonds. The van der Waals surface area contributed by atoms with E-state index in [0.717, 1.165) is 40.6 Å². The number of carbonyl (C=O) groups is 2. The molecule has 170 valence electrons. The molecular weight excluding hydrogens is 422 g/mol. The van der Waals surface area contributed by atoms with E-state index in [2.05, 4.69) is 34.6 Å². The molecule has 1 aromatic heterocycles. The maximum absolute atomic E-state index is 13.6. The molecule has 0 saturated carbocycles. The number of aromatic nitrogens is 1. The molecule has 3 heterocycles. The fourth-order valence-electron chi connectivity index (χ4n) is 5.58. The fraction of sp³-hybridized carbons (Fsp3) is 0.241. The molecule has 5 nitrogen and oxygen atoms in total. The van der Waals surface area contributed by atoms with Gasteiger partial charge in [0.05, 0.1) is 6.04 Å². The summed E-state index contributed by atoms with van der Waals surface area (Å²) < 4.78 is 0. The zero-order valence-electron chi connectivity index (χ0n) is 19.1. The molecule has 4 aromatic rings. The van der Waals surface area contributed by atoms with E-state index in [9.17, 15) is 9.59 Å². The quantitative estimate of drug-likeness (QED) is 0.461. The third kappa shape index (κ3) is 3.31. The first-order valence-electron chi connectivity index (χ1n) is 12.0. The average Bonchev–Trinajstić information content (AvgIpc) is 3.38. The molecule has 3 unspecified atom stereocenters. The molecule has 0 spiro atoms. The fourth-order valence-corrected chi connectivity index (χ4v) is 5.58. The molecule has 3 atom stereocenters. The summed E-state index contributed by atoms with van der Waals surface area (Å²) in [4.78, 5) is 32.5. The highest BCUT2D eigenvalue weighted by Crippen LogP contribution is 2.46. The van der Waals surface area contributed by atoms with Crippen LogP contribution >= 0.6 is 0 Å². The van der Waals surface area contributed by atoms with Crippen molar-refractivity contribution in [3.8, 4) is 0 Å². The number of para-hydroxylation sites is 1. The van der Waals surface area contributed by atoms with Gasteiger partial charge in [0.25, 0.3) is 5.91 Å². The van der Waals surface area contributed by atoms with Crippen LogP contribution in [0.25, 0.3) is 10.9 Å². The summed E-state index contributed by atoms with van der Waals surface area (Å²) >= 11 is 0. The number of aryl methyl sites for hydroxylation is 1. The Bertz CT molecular complexity index is 1390. The lowest BCUT2D eigenvalue weighted by Gasteiger charge is -2.37. The number of nitrogens with zero attached hydrogens (tertiary/aromatic N) is 1. The monoisotopic (exact) mass is 449 g/mol. The summed E-state index contributed by atoms with van der Waals surface area (Å²) in [6, 6.07) is 25.4. The molecule has 0 fully saturated rings. The molecule has 5 heteroatoms. The zero-order chi connectivity index (χ0) is 23.2. The van der Waals surface area contributed by atoms with E-state index in [1.54, 1.807) is 4.90 Å². The normalized spacial score (nSPS) is 19.4. The summed E-state index contributed by atoms with van der Waals surface area (Å²) in [7, 11) is 0.